The Balaban J connectivity index is 1.52. The molecule has 158 valence electrons. The third-order valence-corrected chi connectivity index (χ3v) is 5.15. The van der Waals surface area contributed by atoms with Gasteiger partial charge in [-0.05, 0) is 59.3 Å². The van der Waals surface area contributed by atoms with Gasteiger partial charge in [-0.25, -0.2) is 10.2 Å². The predicted octanol–water partition coefficient (Wildman–Crippen LogP) is 6.13. The fourth-order valence-electron chi connectivity index (χ4n) is 3.10. The molecule has 0 aliphatic heterocycles. The van der Waals surface area contributed by atoms with Crippen LogP contribution in [-0.4, -0.2) is 18.1 Å². The van der Waals surface area contributed by atoms with E-state index in [2.05, 4.69) is 10.5 Å². The van der Waals surface area contributed by atoms with Gasteiger partial charge in [0.15, 0.2) is 0 Å². The zero-order chi connectivity index (χ0) is 22.5. The second-order valence-electron chi connectivity index (χ2n) is 6.80. The summed E-state index contributed by atoms with van der Waals surface area (Å²) in [5.41, 5.74) is 3.78. The fourth-order valence-corrected chi connectivity index (χ4v) is 3.41. The molecule has 0 saturated heterocycles. The highest BCUT2D eigenvalue weighted by molar-refractivity contribution is 6.31. The number of hydrazone groups is 1. The molecule has 0 atom stereocenters. The number of hydrogen-bond donors (Lipinski definition) is 1. The van der Waals surface area contributed by atoms with E-state index < -0.39 is 5.97 Å². The van der Waals surface area contributed by atoms with Crippen LogP contribution in [0.1, 0.15) is 26.3 Å². The molecule has 0 spiro atoms. The third kappa shape index (κ3) is 4.97. The van der Waals surface area contributed by atoms with Crippen molar-refractivity contribution in [1.82, 2.24) is 5.43 Å². The van der Waals surface area contributed by atoms with Gasteiger partial charge in [0.2, 0.25) is 0 Å². The van der Waals surface area contributed by atoms with E-state index in [1.165, 1.54) is 6.21 Å². The van der Waals surface area contributed by atoms with Crippen molar-refractivity contribution in [3.8, 4) is 5.75 Å². The molecule has 4 rings (SSSR count). The van der Waals surface area contributed by atoms with Crippen LogP contribution >= 0.6 is 23.2 Å². The Morgan fingerprint density at radius 3 is 2.38 bits per heavy atom. The van der Waals surface area contributed by atoms with E-state index >= 15 is 0 Å². The fraction of sp³-hybridized carbons (Fsp3) is 0. The normalized spacial score (nSPS) is 10.9. The lowest BCUT2D eigenvalue weighted by Crippen LogP contribution is -2.18. The van der Waals surface area contributed by atoms with Crippen molar-refractivity contribution in [3.05, 3.63) is 112 Å². The number of amides is 1. The molecule has 4 aromatic carbocycles. The summed E-state index contributed by atoms with van der Waals surface area (Å²) < 4.78 is 5.48. The van der Waals surface area contributed by atoms with Gasteiger partial charge < -0.3 is 4.74 Å². The number of ether oxygens (including phenoxy) is 1. The van der Waals surface area contributed by atoms with Crippen LogP contribution in [0.25, 0.3) is 10.8 Å². The molecular formula is C25H16Cl2N2O3. The van der Waals surface area contributed by atoms with Gasteiger partial charge in [0.05, 0.1) is 11.8 Å². The zero-order valence-electron chi connectivity index (χ0n) is 16.6. The van der Waals surface area contributed by atoms with Crippen LogP contribution in [0.5, 0.6) is 5.75 Å². The molecule has 0 fully saturated rings. The molecule has 0 saturated carbocycles. The zero-order valence-corrected chi connectivity index (χ0v) is 18.1. The van der Waals surface area contributed by atoms with E-state index in [1.807, 2.05) is 36.4 Å². The van der Waals surface area contributed by atoms with Gasteiger partial charge in [-0.1, -0.05) is 59.6 Å². The highest BCUT2D eigenvalue weighted by atomic mass is 35.5. The maximum atomic E-state index is 12.6. The van der Waals surface area contributed by atoms with Gasteiger partial charge in [-0.15, -0.1) is 0 Å². The van der Waals surface area contributed by atoms with Crippen molar-refractivity contribution >= 4 is 52.1 Å². The number of carbonyl (C=O) groups is 2. The van der Waals surface area contributed by atoms with Crippen molar-refractivity contribution < 1.29 is 14.3 Å². The molecule has 5 nitrogen and oxygen atoms in total. The molecule has 1 amide bonds. The minimum absolute atomic E-state index is 0.248. The number of benzene rings is 4. The largest absolute Gasteiger partial charge is 0.422 e. The number of nitrogens with zero attached hydrogens (tertiary/aromatic N) is 1. The summed E-state index contributed by atoms with van der Waals surface area (Å²) >= 11 is 11.9. The SMILES string of the molecule is O=C(Oc1ccc(Cl)cc1/C=N/NC(=O)c1cccc2ccccc12)c1ccc(Cl)cc1. The lowest BCUT2D eigenvalue weighted by Gasteiger charge is -2.08. The molecule has 7 heteroatoms. The number of hydrogen-bond acceptors (Lipinski definition) is 4. The van der Waals surface area contributed by atoms with Crippen LogP contribution in [0.3, 0.4) is 0 Å². The van der Waals surface area contributed by atoms with Gasteiger partial charge >= 0.3 is 5.97 Å². The smallest absolute Gasteiger partial charge is 0.343 e. The quantitative estimate of drug-likeness (QED) is 0.168. The second kappa shape index (κ2) is 9.64. The Hall–Kier alpha value is -3.67. The number of esters is 1. The molecule has 4 aromatic rings. The monoisotopic (exact) mass is 462 g/mol. The lowest BCUT2D eigenvalue weighted by atomic mass is 10.0. The number of fused-ring (bicyclic) bond motifs is 1. The number of halogens is 2. The predicted molar refractivity (Wildman–Crippen MR) is 127 cm³/mol. The molecular weight excluding hydrogens is 447 g/mol. The van der Waals surface area contributed by atoms with E-state index in [0.717, 1.165) is 10.8 Å². The van der Waals surface area contributed by atoms with E-state index in [1.54, 1.807) is 48.5 Å². The number of rotatable bonds is 5. The number of carbonyl (C=O) groups excluding carboxylic acids is 2. The molecule has 32 heavy (non-hydrogen) atoms. The minimum atomic E-state index is -0.557. The summed E-state index contributed by atoms with van der Waals surface area (Å²) in [6.45, 7) is 0. The summed E-state index contributed by atoms with van der Waals surface area (Å²) in [7, 11) is 0. The first kappa shape index (κ1) is 21.6. The van der Waals surface area contributed by atoms with Crippen molar-refractivity contribution in [1.29, 1.82) is 0 Å². The van der Waals surface area contributed by atoms with Crippen molar-refractivity contribution in [2.45, 2.75) is 0 Å². The first-order valence-corrected chi connectivity index (χ1v) is 10.4. The standard InChI is InChI=1S/C25H16Cl2N2O3/c26-19-10-8-17(9-11-19)25(31)32-23-13-12-20(27)14-18(23)15-28-29-24(30)22-7-3-5-16-4-1-2-6-21(16)22/h1-15H,(H,29,30)/b28-15+. The molecule has 0 radical (unpaired) electrons. The van der Waals surface area contributed by atoms with Gasteiger partial charge in [0, 0.05) is 21.2 Å². The topological polar surface area (TPSA) is 67.8 Å². The van der Waals surface area contributed by atoms with Gasteiger partial charge in [-0.3, -0.25) is 4.79 Å². The maximum absolute atomic E-state index is 12.6. The molecule has 0 bridgehead atoms. The molecule has 0 aliphatic rings. The second-order valence-corrected chi connectivity index (χ2v) is 7.68. The Morgan fingerprint density at radius 2 is 1.56 bits per heavy atom. The van der Waals surface area contributed by atoms with Crippen LogP contribution in [0, 0.1) is 0 Å². The van der Waals surface area contributed by atoms with Gasteiger partial charge in [0.25, 0.3) is 5.91 Å². The van der Waals surface area contributed by atoms with Crippen LogP contribution in [-0.2, 0) is 0 Å². The Bertz CT molecular complexity index is 1330. The molecule has 0 heterocycles. The van der Waals surface area contributed by atoms with Crippen molar-refractivity contribution in [3.63, 3.8) is 0 Å². The summed E-state index contributed by atoms with van der Waals surface area (Å²) in [5.74, 6) is -0.671. The third-order valence-electron chi connectivity index (χ3n) is 4.66. The van der Waals surface area contributed by atoms with Gasteiger partial charge in [-0.2, -0.15) is 5.10 Å². The molecule has 0 aromatic heterocycles. The summed E-state index contributed by atoms with van der Waals surface area (Å²) in [4.78, 5) is 25.1. The molecule has 1 N–H and O–H groups in total. The van der Waals surface area contributed by atoms with Crippen molar-refractivity contribution in [2.75, 3.05) is 0 Å². The van der Waals surface area contributed by atoms with Crippen LogP contribution in [0.2, 0.25) is 10.0 Å². The van der Waals surface area contributed by atoms with E-state index in [9.17, 15) is 9.59 Å². The minimum Gasteiger partial charge on any atom is -0.422 e. The first-order chi connectivity index (χ1) is 15.5. The Morgan fingerprint density at radius 1 is 0.844 bits per heavy atom. The van der Waals surface area contributed by atoms with Gasteiger partial charge in [0.1, 0.15) is 5.75 Å². The molecule has 0 aliphatic carbocycles. The average Bonchev–Trinajstić information content (AvgIpc) is 2.80. The highest BCUT2D eigenvalue weighted by Crippen LogP contribution is 2.23. The number of nitrogens with one attached hydrogen (secondary N) is 1. The Labute approximate surface area is 194 Å². The van der Waals surface area contributed by atoms with Crippen LogP contribution in [0.4, 0.5) is 0 Å². The molecule has 0 unspecified atom stereocenters. The average molecular weight is 463 g/mol. The van der Waals surface area contributed by atoms with Crippen LogP contribution in [0.15, 0.2) is 90.0 Å². The van der Waals surface area contributed by atoms with Crippen LogP contribution < -0.4 is 10.2 Å². The lowest BCUT2D eigenvalue weighted by molar-refractivity contribution is 0.0734. The van der Waals surface area contributed by atoms with E-state index in [-0.39, 0.29) is 11.7 Å². The van der Waals surface area contributed by atoms with Crippen molar-refractivity contribution in [2.24, 2.45) is 5.10 Å². The summed E-state index contributed by atoms with van der Waals surface area (Å²) in [6.07, 6.45) is 1.37. The summed E-state index contributed by atoms with van der Waals surface area (Å²) in [5, 5.41) is 6.75. The summed E-state index contributed by atoms with van der Waals surface area (Å²) in [6, 6.07) is 24.1. The van der Waals surface area contributed by atoms with E-state index in [0.29, 0.717) is 26.7 Å². The first-order valence-electron chi connectivity index (χ1n) is 9.60. The highest BCUT2D eigenvalue weighted by Gasteiger charge is 2.12. The maximum Gasteiger partial charge on any atom is 0.343 e. The van der Waals surface area contributed by atoms with E-state index in [4.69, 9.17) is 27.9 Å². The Kier molecular flexibility index (Phi) is 6.50.